The number of benzene rings is 1. The largest absolute Gasteiger partial charge is 0.357 e. The molecule has 1 aromatic carbocycles. The Balaban J connectivity index is 2.91. The van der Waals surface area contributed by atoms with Gasteiger partial charge in [-0.3, -0.25) is 9.69 Å². The predicted octanol–water partition coefficient (Wildman–Crippen LogP) is 2.79. The SMILES string of the molecule is CCNC(=NCc1ccccc1CN(C)C(C)C)N(C)CC(=O)N(CC)CC. The van der Waals surface area contributed by atoms with Crippen molar-refractivity contribution in [1.29, 1.82) is 0 Å². The summed E-state index contributed by atoms with van der Waals surface area (Å²) < 4.78 is 0. The van der Waals surface area contributed by atoms with E-state index >= 15 is 0 Å². The van der Waals surface area contributed by atoms with Crippen molar-refractivity contribution < 1.29 is 4.79 Å². The number of amides is 1. The van der Waals surface area contributed by atoms with Crippen LogP contribution in [0.3, 0.4) is 0 Å². The Morgan fingerprint density at radius 2 is 1.68 bits per heavy atom. The maximum atomic E-state index is 12.4. The summed E-state index contributed by atoms with van der Waals surface area (Å²) in [5, 5.41) is 3.31. The first-order chi connectivity index (χ1) is 13.3. The summed E-state index contributed by atoms with van der Waals surface area (Å²) in [4.78, 5) is 23.3. The quantitative estimate of drug-likeness (QED) is 0.494. The van der Waals surface area contributed by atoms with Crippen molar-refractivity contribution >= 4 is 11.9 Å². The summed E-state index contributed by atoms with van der Waals surface area (Å²) in [6.45, 7) is 14.5. The van der Waals surface area contributed by atoms with Crippen LogP contribution in [0.4, 0.5) is 0 Å². The maximum Gasteiger partial charge on any atom is 0.242 e. The summed E-state index contributed by atoms with van der Waals surface area (Å²) in [5.41, 5.74) is 2.51. The monoisotopic (exact) mass is 389 g/mol. The maximum absolute atomic E-state index is 12.4. The predicted molar refractivity (Wildman–Crippen MR) is 118 cm³/mol. The molecule has 0 fully saturated rings. The Morgan fingerprint density at radius 3 is 2.21 bits per heavy atom. The first-order valence-electron chi connectivity index (χ1n) is 10.4. The van der Waals surface area contributed by atoms with E-state index in [-0.39, 0.29) is 5.91 Å². The second kappa shape index (κ2) is 12.4. The second-order valence-electron chi connectivity index (χ2n) is 7.37. The van der Waals surface area contributed by atoms with Crippen LogP contribution in [0.5, 0.6) is 0 Å². The van der Waals surface area contributed by atoms with Gasteiger partial charge in [0.25, 0.3) is 0 Å². The van der Waals surface area contributed by atoms with E-state index in [4.69, 9.17) is 4.99 Å². The van der Waals surface area contributed by atoms with Gasteiger partial charge in [-0.15, -0.1) is 0 Å². The first kappa shape index (κ1) is 24.0. The third-order valence-electron chi connectivity index (χ3n) is 5.00. The highest BCUT2D eigenvalue weighted by Gasteiger charge is 2.15. The van der Waals surface area contributed by atoms with Crippen LogP contribution >= 0.6 is 0 Å². The highest BCUT2D eigenvalue weighted by atomic mass is 16.2. The molecule has 158 valence electrons. The van der Waals surface area contributed by atoms with Gasteiger partial charge in [0.1, 0.15) is 0 Å². The molecule has 0 aliphatic heterocycles. The average molecular weight is 390 g/mol. The summed E-state index contributed by atoms with van der Waals surface area (Å²) in [6, 6.07) is 8.94. The molecule has 0 spiro atoms. The van der Waals surface area contributed by atoms with E-state index in [1.165, 1.54) is 11.1 Å². The van der Waals surface area contributed by atoms with E-state index in [9.17, 15) is 4.79 Å². The van der Waals surface area contributed by atoms with E-state index in [0.717, 1.165) is 32.1 Å². The zero-order valence-electron chi connectivity index (χ0n) is 18.8. The van der Waals surface area contributed by atoms with Crippen molar-refractivity contribution in [3.63, 3.8) is 0 Å². The lowest BCUT2D eigenvalue weighted by molar-refractivity contribution is -0.131. The van der Waals surface area contributed by atoms with Crippen LogP contribution in [-0.2, 0) is 17.9 Å². The van der Waals surface area contributed by atoms with Crippen LogP contribution < -0.4 is 5.32 Å². The Kier molecular flexibility index (Phi) is 10.6. The van der Waals surface area contributed by atoms with Crippen molar-refractivity contribution in [3.05, 3.63) is 35.4 Å². The molecule has 1 amide bonds. The molecule has 0 aliphatic carbocycles. The van der Waals surface area contributed by atoms with Gasteiger partial charge in [-0.1, -0.05) is 24.3 Å². The molecule has 0 heterocycles. The van der Waals surface area contributed by atoms with Gasteiger partial charge in [-0.05, 0) is 52.8 Å². The summed E-state index contributed by atoms with van der Waals surface area (Å²) in [7, 11) is 4.06. The van der Waals surface area contributed by atoms with Gasteiger partial charge in [0.2, 0.25) is 5.91 Å². The van der Waals surface area contributed by atoms with Crippen molar-refractivity contribution in [2.75, 3.05) is 40.3 Å². The molecule has 0 unspecified atom stereocenters. The standard InChI is InChI=1S/C22H39N5O/c1-8-23-22(26(7)17-21(28)27(9-2)10-3)24-15-19-13-11-12-14-20(19)16-25(6)18(4)5/h11-14,18H,8-10,15-17H2,1-7H3,(H,23,24). The number of aliphatic imine (C=N–C) groups is 1. The topological polar surface area (TPSA) is 51.2 Å². The van der Waals surface area contributed by atoms with E-state index in [2.05, 4.69) is 55.4 Å². The normalized spacial score (nSPS) is 11.8. The minimum absolute atomic E-state index is 0.122. The molecule has 6 nitrogen and oxygen atoms in total. The van der Waals surface area contributed by atoms with Crippen LogP contribution in [0.2, 0.25) is 0 Å². The molecular formula is C22H39N5O. The molecular weight excluding hydrogens is 350 g/mol. The third kappa shape index (κ3) is 7.50. The zero-order chi connectivity index (χ0) is 21.1. The lowest BCUT2D eigenvalue weighted by Crippen LogP contribution is -2.45. The first-order valence-corrected chi connectivity index (χ1v) is 10.4. The Labute approximate surface area is 171 Å². The fourth-order valence-electron chi connectivity index (χ4n) is 2.90. The number of hydrogen-bond acceptors (Lipinski definition) is 3. The van der Waals surface area contributed by atoms with Crippen molar-refractivity contribution in [2.24, 2.45) is 4.99 Å². The number of carbonyl (C=O) groups is 1. The Morgan fingerprint density at radius 1 is 1.07 bits per heavy atom. The van der Waals surface area contributed by atoms with E-state index < -0.39 is 0 Å². The van der Waals surface area contributed by atoms with Gasteiger partial charge in [0.15, 0.2) is 5.96 Å². The number of nitrogens with zero attached hydrogens (tertiary/aromatic N) is 4. The van der Waals surface area contributed by atoms with Gasteiger partial charge in [0.05, 0.1) is 13.1 Å². The second-order valence-corrected chi connectivity index (χ2v) is 7.37. The highest BCUT2D eigenvalue weighted by Crippen LogP contribution is 2.14. The minimum Gasteiger partial charge on any atom is -0.357 e. The molecule has 0 atom stereocenters. The Hall–Kier alpha value is -2.08. The van der Waals surface area contributed by atoms with Crippen LogP contribution in [0, 0.1) is 0 Å². The number of hydrogen-bond donors (Lipinski definition) is 1. The lowest BCUT2D eigenvalue weighted by atomic mass is 10.1. The molecule has 1 N–H and O–H groups in total. The number of likely N-dealkylation sites (N-methyl/N-ethyl adjacent to an activating group) is 2. The molecule has 1 rings (SSSR count). The molecule has 0 aromatic heterocycles. The summed E-state index contributed by atoms with van der Waals surface area (Å²) in [5.74, 6) is 0.882. The fraction of sp³-hybridized carbons (Fsp3) is 0.636. The Bertz CT molecular complexity index is 625. The average Bonchev–Trinajstić information content (AvgIpc) is 2.66. The van der Waals surface area contributed by atoms with Crippen LogP contribution in [-0.4, -0.2) is 72.9 Å². The third-order valence-corrected chi connectivity index (χ3v) is 5.00. The summed E-state index contributed by atoms with van der Waals surface area (Å²) >= 11 is 0. The fourth-order valence-corrected chi connectivity index (χ4v) is 2.90. The van der Waals surface area contributed by atoms with E-state index in [1.807, 2.05) is 37.6 Å². The van der Waals surface area contributed by atoms with Gasteiger partial charge in [-0.25, -0.2) is 4.99 Å². The number of guanidine groups is 1. The molecule has 6 heteroatoms. The van der Waals surface area contributed by atoms with Crippen LogP contribution in [0.1, 0.15) is 45.7 Å². The number of nitrogens with one attached hydrogen (secondary N) is 1. The van der Waals surface area contributed by atoms with E-state index in [0.29, 0.717) is 19.1 Å². The zero-order valence-corrected chi connectivity index (χ0v) is 18.8. The van der Waals surface area contributed by atoms with Crippen molar-refractivity contribution in [1.82, 2.24) is 20.0 Å². The highest BCUT2D eigenvalue weighted by molar-refractivity contribution is 5.86. The molecule has 0 radical (unpaired) electrons. The molecule has 0 bridgehead atoms. The van der Waals surface area contributed by atoms with Gasteiger partial charge in [0, 0.05) is 39.3 Å². The molecule has 1 aromatic rings. The van der Waals surface area contributed by atoms with Gasteiger partial charge < -0.3 is 15.1 Å². The minimum atomic E-state index is 0.122. The van der Waals surface area contributed by atoms with Crippen molar-refractivity contribution in [3.8, 4) is 0 Å². The molecule has 28 heavy (non-hydrogen) atoms. The summed E-state index contributed by atoms with van der Waals surface area (Å²) in [6.07, 6.45) is 0. The van der Waals surface area contributed by atoms with Crippen molar-refractivity contribution in [2.45, 2.75) is 53.8 Å². The van der Waals surface area contributed by atoms with E-state index in [1.54, 1.807) is 0 Å². The molecule has 0 saturated carbocycles. The van der Waals surface area contributed by atoms with Gasteiger partial charge >= 0.3 is 0 Å². The smallest absolute Gasteiger partial charge is 0.242 e. The van der Waals surface area contributed by atoms with Crippen LogP contribution in [0.15, 0.2) is 29.3 Å². The van der Waals surface area contributed by atoms with Gasteiger partial charge in [-0.2, -0.15) is 0 Å². The molecule has 0 aliphatic rings. The number of rotatable bonds is 10. The number of carbonyl (C=O) groups excluding carboxylic acids is 1. The lowest BCUT2D eigenvalue weighted by Gasteiger charge is -2.26. The van der Waals surface area contributed by atoms with Crippen LogP contribution in [0.25, 0.3) is 0 Å². The molecule has 0 saturated heterocycles.